The van der Waals surface area contributed by atoms with Crippen LogP contribution in [0.25, 0.3) is 0 Å². The number of nitrogens with one attached hydrogen (secondary N) is 1. The zero-order chi connectivity index (χ0) is 13.8. The SMILES string of the molecule is CCCNCC1(CN2CCOC(C)(C)C2)CCOC1. The first-order valence-corrected chi connectivity index (χ1v) is 7.70. The van der Waals surface area contributed by atoms with Crippen LogP contribution in [-0.2, 0) is 9.47 Å². The van der Waals surface area contributed by atoms with Crippen LogP contribution in [-0.4, -0.2) is 63.0 Å². The highest BCUT2D eigenvalue weighted by atomic mass is 16.5. The van der Waals surface area contributed by atoms with Crippen molar-refractivity contribution in [2.75, 3.05) is 52.5 Å². The van der Waals surface area contributed by atoms with E-state index in [1.807, 2.05) is 0 Å². The van der Waals surface area contributed by atoms with Crippen LogP contribution in [0.15, 0.2) is 0 Å². The fourth-order valence-electron chi connectivity index (χ4n) is 3.22. The Kier molecular flexibility index (Phi) is 5.23. The van der Waals surface area contributed by atoms with Gasteiger partial charge in [-0.2, -0.15) is 0 Å². The summed E-state index contributed by atoms with van der Waals surface area (Å²) in [6.45, 7) is 14.7. The zero-order valence-corrected chi connectivity index (χ0v) is 12.8. The van der Waals surface area contributed by atoms with Gasteiger partial charge in [0.1, 0.15) is 0 Å². The summed E-state index contributed by atoms with van der Waals surface area (Å²) in [4.78, 5) is 2.56. The smallest absolute Gasteiger partial charge is 0.0753 e. The fourth-order valence-corrected chi connectivity index (χ4v) is 3.22. The standard InChI is InChI=1S/C15H30N2O2/c1-4-6-16-10-15(5-8-18-13-15)12-17-7-9-19-14(2,3)11-17/h16H,4-13H2,1-3H3. The first-order chi connectivity index (χ1) is 9.05. The van der Waals surface area contributed by atoms with Crippen LogP contribution in [0.1, 0.15) is 33.6 Å². The summed E-state index contributed by atoms with van der Waals surface area (Å²) >= 11 is 0. The number of ether oxygens (including phenoxy) is 2. The summed E-state index contributed by atoms with van der Waals surface area (Å²) < 4.78 is 11.5. The van der Waals surface area contributed by atoms with Gasteiger partial charge in [-0.05, 0) is 33.2 Å². The van der Waals surface area contributed by atoms with Gasteiger partial charge in [-0.25, -0.2) is 0 Å². The molecule has 112 valence electrons. The molecule has 0 aromatic carbocycles. The summed E-state index contributed by atoms with van der Waals surface area (Å²) in [5, 5.41) is 3.59. The molecule has 1 unspecified atom stereocenters. The second kappa shape index (κ2) is 6.53. The normalized spacial score (nSPS) is 31.7. The van der Waals surface area contributed by atoms with Gasteiger partial charge in [0.2, 0.25) is 0 Å². The molecule has 2 saturated heterocycles. The van der Waals surface area contributed by atoms with Crippen LogP contribution in [0.5, 0.6) is 0 Å². The lowest BCUT2D eigenvalue weighted by Crippen LogP contribution is -2.53. The van der Waals surface area contributed by atoms with Crippen molar-refractivity contribution < 1.29 is 9.47 Å². The predicted molar refractivity (Wildman–Crippen MR) is 77.5 cm³/mol. The Morgan fingerprint density at radius 3 is 2.74 bits per heavy atom. The summed E-state index contributed by atoms with van der Waals surface area (Å²) in [5.41, 5.74) is 0.304. The van der Waals surface area contributed by atoms with Crippen LogP contribution >= 0.6 is 0 Å². The van der Waals surface area contributed by atoms with Crippen molar-refractivity contribution in [2.45, 2.75) is 39.2 Å². The molecule has 19 heavy (non-hydrogen) atoms. The van der Waals surface area contributed by atoms with Crippen molar-refractivity contribution in [3.63, 3.8) is 0 Å². The summed E-state index contributed by atoms with van der Waals surface area (Å²) in [5.74, 6) is 0. The monoisotopic (exact) mass is 270 g/mol. The number of nitrogens with zero attached hydrogens (tertiary/aromatic N) is 1. The van der Waals surface area contributed by atoms with Crippen LogP contribution in [0, 0.1) is 5.41 Å². The molecule has 2 fully saturated rings. The lowest BCUT2D eigenvalue weighted by atomic mass is 9.86. The Labute approximate surface area is 117 Å². The van der Waals surface area contributed by atoms with Crippen LogP contribution in [0.3, 0.4) is 0 Å². The molecule has 0 radical (unpaired) electrons. The highest BCUT2D eigenvalue weighted by Crippen LogP contribution is 2.30. The molecule has 2 heterocycles. The summed E-state index contributed by atoms with van der Waals surface area (Å²) in [6.07, 6.45) is 2.38. The molecule has 0 spiro atoms. The molecule has 0 aromatic rings. The maximum Gasteiger partial charge on any atom is 0.0753 e. The lowest BCUT2D eigenvalue weighted by Gasteiger charge is -2.42. The molecule has 0 aromatic heterocycles. The van der Waals surface area contributed by atoms with E-state index in [9.17, 15) is 0 Å². The van der Waals surface area contributed by atoms with E-state index >= 15 is 0 Å². The molecular formula is C15H30N2O2. The maximum absolute atomic E-state index is 5.80. The van der Waals surface area contributed by atoms with E-state index in [1.165, 1.54) is 12.8 Å². The largest absolute Gasteiger partial charge is 0.381 e. The molecular weight excluding hydrogens is 240 g/mol. The van der Waals surface area contributed by atoms with E-state index in [4.69, 9.17) is 9.47 Å². The molecule has 4 heteroatoms. The average Bonchev–Trinajstić information content (AvgIpc) is 2.77. The molecule has 0 saturated carbocycles. The third-order valence-corrected chi connectivity index (χ3v) is 4.18. The van der Waals surface area contributed by atoms with Crippen molar-refractivity contribution in [1.82, 2.24) is 10.2 Å². The molecule has 4 nitrogen and oxygen atoms in total. The van der Waals surface area contributed by atoms with Crippen molar-refractivity contribution in [3.8, 4) is 0 Å². The second-order valence-electron chi connectivity index (χ2n) is 6.80. The molecule has 1 atom stereocenters. The van der Waals surface area contributed by atoms with E-state index < -0.39 is 0 Å². The van der Waals surface area contributed by atoms with Gasteiger partial charge in [-0.1, -0.05) is 6.92 Å². The molecule has 2 aliphatic rings. The molecule has 2 aliphatic heterocycles. The van der Waals surface area contributed by atoms with Gasteiger partial charge in [-0.15, -0.1) is 0 Å². The topological polar surface area (TPSA) is 33.7 Å². The van der Waals surface area contributed by atoms with Crippen LogP contribution < -0.4 is 5.32 Å². The Morgan fingerprint density at radius 2 is 2.11 bits per heavy atom. The number of morpholine rings is 1. The van der Waals surface area contributed by atoms with Crippen LogP contribution in [0.2, 0.25) is 0 Å². The van der Waals surface area contributed by atoms with E-state index in [0.29, 0.717) is 5.41 Å². The van der Waals surface area contributed by atoms with Crippen molar-refractivity contribution in [3.05, 3.63) is 0 Å². The highest BCUT2D eigenvalue weighted by molar-refractivity contribution is 4.91. The third kappa shape index (κ3) is 4.42. The van der Waals surface area contributed by atoms with Gasteiger partial charge in [-0.3, -0.25) is 4.90 Å². The zero-order valence-electron chi connectivity index (χ0n) is 12.8. The van der Waals surface area contributed by atoms with Crippen molar-refractivity contribution in [2.24, 2.45) is 5.41 Å². The van der Waals surface area contributed by atoms with Gasteiger partial charge < -0.3 is 14.8 Å². The van der Waals surface area contributed by atoms with Crippen molar-refractivity contribution >= 4 is 0 Å². The molecule has 0 amide bonds. The van der Waals surface area contributed by atoms with E-state index in [0.717, 1.165) is 52.5 Å². The van der Waals surface area contributed by atoms with E-state index in [-0.39, 0.29) is 5.60 Å². The predicted octanol–water partition coefficient (Wildman–Crippen LogP) is 1.50. The number of hydrogen-bond donors (Lipinski definition) is 1. The Bertz CT molecular complexity index is 275. The fraction of sp³-hybridized carbons (Fsp3) is 1.00. The van der Waals surface area contributed by atoms with Crippen molar-refractivity contribution in [1.29, 1.82) is 0 Å². The quantitative estimate of drug-likeness (QED) is 0.742. The van der Waals surface area contributed by atoms with Gasteiger partial charge >= 0.3 is 0 Å². The summed E-state index contributed by atoms with van der Waals surface area (Å²) in [7, 11) is 0. The molecule has 0 aliphatic carbocycles. The highest BCUT2D eigenvalue weighted by Gasteiger charge is 2.38. The Hall–Kier alpha value is -0.160. The molecule has 2 rings (SSSR count). The average molecular weight is 270 g/mol. The maximum atomic E-state index is 5.80. The second-order valence-corrected chi connectivity index (χ2v) is 6.80. The van der Waals surface area contributed by atoms with Gasteiger partial charge in [0, 0.05) is 38.2 Å². The van der Waals surface area contributed by atoms with Gasteiger partial charge in [0.05, 0.1) is 18.8 Å². The van der Waals surface area contributed by atoms with E-state index in [1.54, 1.807) is 0 Å². The third-order valence-electron chi connectivity index (χ3n) is 4.18. The minimum absolute atomic E-state index is 0.00422. The minimum atomic E-state index is -0.00422. The lowest BCUT2D eigenvalue weighted by molar-refractivity contribution is -0.0945. The Balaban J connectivity index is 1.89. The minimum Gasteiger partial charge on any atom is -0.381 e. The summed E-state index contributed by atoms with van der Waals surface area (Å²) in [6, 6.07) is 0. The Morgan fingerprint density at radius 1 is 1.26 bits per heavy atom. The number of rotatable bonds is 6. The van der Waals surface area contributed by atoms with Gasteiger partial charge in [0.25, 0.3) is 0 Å². The first-order valence-electron chi connectivity index (χ1n) is 7.70. The van der Waals surface area contributed by atoms with E-state index in [2.05, 4.69) is 31.0 Å². The molecule has 0 bridgehead atoms. The number of hydrogen-bond acceptors (Lipinski definition) is 4. The molecule has 1 N–H and O–H groups in total. The first kappa shape index (κ1) is 15.2. The van der Waals surface area contributed by atoms with Crippen LogP contribution in [0.4, 0.5) is 0 Å². The van der Waals surface area contributed by atoms with Gasteiger partial charge in [0.15, 0.2) is 0 Å².